The van der Waals surface area contributed by atoms with Gasteiger partial charge in [0.05, 0.1) is 17.5 Å². The van der Waals surface area contributed by atoms with Gasteiger partial charge in [0.25, 0.3) is 0 Å². The first kappa shape index (κ1) is 9.43. The minimum absolute atomic E-state index is 0.119. The fourth-order valence-corrected chi connectivity index (χ4v) is 3.19. The predicted molar refractivity (Wildman–Crippen MR) is 48.6 cm³/mol. The molecule has 4 atom stereocenters. The van der Waals surface area contributed by atoms with Gasteiger partial charge in [0.1, 0.15) is 0 Å². The van der Waals surface area contributed by atoms with Crippen molar-refractivity contribution < 1.29 is 13.2 Å². The number of hydrogen-bond donors (Lipinski definition) is 1. The molecule has 2 fully saturated rings. The molecular weight excluding hydrogens is 190 g/mol. The average Bonchev–Trinajstić information content (AvgIpc) is 2.60. The van der Waals surface area contributed by atoms with Crippen LogP contribution in [-0.4, -0.2) is 25.9 Å². The Balaban J connectivity index is 2.11. The van der Waals surface area contributed by atoms with Gasteiger partial charge < -0.3 is 4.74 Å². The second kappa shape index (κ2) is 2.93. The first-order valence-electron chi connectivity index (χ1n) is 4.65. The first-order valence-corrected chi connectivity index (χ1v) is 6.26. The molecule has 2 aliphatic rings. The van der Waals surface area contributed by atoms with Gasteiger partial charge in [-0.25, -0.2) is 13.6 Å². The summed E-state index contributed by atoms with van der Waals surface area (Å²) in [6, 6.07) is 0. The third-order valence-corrected chi connectivity index (χ3v) is 4.66. The summed E-state index contributed by atoms with van der Waals surface area (Å²) in [6.45, 7) is 1.68. The molecule has 0 amide bonds. The molecule has 2 rings (SSSR count). The summed E-state index contributed by atoms with van der Waals surface area (Å²) in [5.74, 6) is 0.119. The van der Waals surface area contributed by atoms with Gasteiger partial charge in [-0.3, -0.25) is 0 Å². The van der Waals surface area contributed by atoms with Crippen LogP contribution in [0.25, 0.3) is 0 Å². The van der Waals surface area contributed by atoms with Crippen LogP contribution in [0.4, 0.5) is 0 Å². The fourth-order valence-electron chi connectivity index (χ4n) is 2.41. The molecule has 2 bridgehead atoms. The van der Waals surface area contributed by atoms with E-state index < -0.39 is 15.3 Å². The number of hydrogen-bond acceptors (Lipinski definition) is 3. The minimum atomic E-state index is -3.39. The Morgan fingerprint density at radius 3 is 2.54 bits per heavy atom. The van der Waals surface area contributed by atoms with E-state index in [1.54, 1.807) is 6.92 Å². The van der Waals surface area contributed by atoms with Gasteiger partial charge in [-0.15, -0.1) is 0 Å². The molecular formula is C8H15NO3S. The molecule has 5 heteroatoms. The summed E-state index contributed by atoms with van der Waals surface area (Å²) in [5.41, 5.74) is 0. The maximum absolute atomic E-state index is 11.1. The molecule has 0 radical (unpaired) electrons. The molecule has 0 aliphatic carbocycles. The topological polar surface area (TPSA) is 69.4 Å². The van der Waals surface area contributed by atoms with E-state index >= 15 is 0 Å². The molecule has 4 unspecified atom stereocenters. The van der Waals surface area contributed by atoms with Gasteiger partial charge in [0.2, 0.25) is 10.0 Å². The molecule has 2 N–H and O–H groups in total. The SMILES string of the molecule is CC(C1CC2CCC1O2)S(N)(=O)=O. The summed E-state index contributed by atoms with van der Waals surface area (Å²) >= 11 is 0. The van der Waals surface area contributed by atoms with Crippen molar-refractivity contribution in [2.45, 2.75) is 43.6 Å². The Kier molecular flexibility index (Phi) is 2.13. The number of ether oxygens (including phenoxy) is 1. The van der Waals surface area contributed by atoms with Crippen LogP contribution in [0.2, 0.25) is 0 Å². The van der Waals surface area contributed by atoms with E-state index in [9.17, 15) is 8.42 Å². The predicted octanol–water partition coefficient (Wildman–Crippen LogP) is 0.231. The quantitative estimate of drug-likeness (QED) is 0.701. The Hall–Kier alpha value is -0.130. The van der Waals surface area contributed by atoms with Gasteiger partial charge in [0, 0.05) is 5.92 Å². The molecule has 0 aromatic heterocycles. The lowest BCUT2D eigenvalue weighted by Gasteiger charge is -2.23. The van der Waals surface area contributed by atoms with Crippen molar-refractivity contribution in [3.05, 3.63) is 0 Å². The van der Waals surface area contributed by atoms with Crippen LogP contribution in [0.5, 0.6) is 0 Å². The van der Waals surface area contributed by atoms with Crippen molar-refractivity contribution in [2.75, 3.05) is 0 Å². The van der Waals surface area contributed by atoms with Crippen molar-refractivity contribution in [2.24, 2.45) is 11.1 Å². The molecule has 2 saturated heterocycles. The number of nitrogens with two attached hydrogens (primary N) is 1. The molecule has 0 saturated carbocycles. The third kappa shape index (κ3) is 1.60. The Morgan fingerprint density at radius 2 is 2.15 bits per heavy atom. The molecule has 2 heterocycles. The summed E-state index contributed by atoms with van der Waals surface area (Å²) in [7, 11) is -3.39. The highest BCUT2D eigenvalue weighted by atomic mass is 32.2. The van der Waals surface area contributed by atoms with Crippen LogP contribution in [0, 0.1) is 5.92 Å². The standard InChI is InChI=1S/C8H15NO3S/c1-5(13(9,10)11)7-4-6-2-3-8(7)12-6/h5-8H,2-4H2,1H3,(H2,9,10,11). The van der Waals surface area contributed by atoms with Crippen molar-refractivity contribution >= 4 is 10.0 Å². The van der Waals surface area contributed by atoms with Crippen LogP contribution >= 0.6 is 0 Å². The monoisotopic (exact) mass is 205 g/mol. The van der Waals surface area contributed by atoms with Crippen molar-refractivity contribution in [1.29, 1.82) is 0 Å². The summed E-state index contributed by atoms with van der Waals surface area (Å²) < 4.78 is 27.8. The Bertz CT molecular complexity index is 301. The normalized spacial score (nSPS) is 40.9. The van der Waals surface area contributed by atoms with E-state index in [1.807, 2.05) is 0 Å². The average molecular weight is 205 g/mol. The fraction of sp³-hybridized carbons (Fsp3) is 1.00. The molecule has 4 nitrogen and oxygen atoms in total. The molecule has 13 heavy (non-hydrogen) atoms. The van der Waals surface area contributed by atoms with Gasteiger partial charge in [0.15, 0.2) is 0 Å². The van der Waals surface area contributed by atoms with Crippen LogP contribution in [-0.2, 0) is 14.8 Å². The number of sulfonamides is 1. The third-order valence-electron chi connectivity index (χ3n) is 3.27. The van der Waals surface area contributed by atoms with Crippen LogP contribution in [0.3, 0.4) is 0 Å². The highest BCUT2D eigenvalue weighted by molar-refractivity contribution is 7.89. The lowest BCUT2D eigenvalue weighted by Crippen LogP contribution is -2.37. The second-order valence-electron chi connectivity index (χ2n) is 4.07. The Morgan fingerprint density at radius 1 is 1.46 bits per heavy atom. The summed E-state index contributed by atoms with van der Waals surface area (Å²) in [5, 5.41) is 4.65. The zero-order valence-electron chi connectivity index (χ0n) is 7.64. The van der Waals surface area contributed by atoms with E-state index in [-0.39, 0.29) is 12.0 Å². The van der Waals surface area contributed by atoms with E-state index in [2.05, 4.69) is 0 Å². The van der Waals surface area contributed by atoms with E-state index in [4.69, 9.17) is 9.88 Å². The molecule has 76 valence electrons. The maximum atomic E-state index is 11.1. The Labute approximate surface area is 78.5 Å². The lowest BCUT2D eigenvalue weighted by molar-refractivity contribution is 0.0924. The maximum Gasteiger partial charge on any atom is 0.212 e. The highest BCUT2D eigenvalue weighted by Crippen LogP contribution is 2.41. The lowest BCUT2D eigenvalue weighted by atomic mass is 9.87. The smallest absolute Gasteiger partial charge is 0.212 e. The summed E-state index contributed by atoms with van der Waals surface area (Å²) in [4.78, 5) is 0. The van der Waals surface area contributed by atoms with Gasteiger partial charge >= 0.3 is 0 Å². The van der Waals surface area contributed by atoms with Gasteiger partial charge in [-0.1, -0.05) is 0 Å². The van der Waals surface area contributed by atoms with Crippen LogP contribution < -0.4 is 5.14 Å². The largest absolute Gasteiger partial charge is 0.375 e. The van der Waals surface area contributed by atoms with Crippen LogP contribution in [0.1, 0.15) is 26.2 Å². The highest BCUT2D eigenvalue weighted by Gasteiger charge is 2.45. The van der Waals surface area contributed by atoms with Crippen molar-refractivity contribution in [1.82, 2.24) is 0 Å². The van der Waals surface area contributed by atoms with Gasteiger partial charge in [-0.2, -0.15) is 0 Å². The second-order valence-corrected chi connectivity index (χ2v) is 5.99. The first-order chi connectivity index (χ1) is 5.98. The molecule has 2 aliphatic heterocycles. The molecule has 0 aromatic rings. The zero-order valence-corrected chi connectivity index (χ0v) is 8.46. The number of fused-ring (bicyclic) bond motifs is 2. The van der Waals surface area contributed by atoms with Gasteiger partial charge in [-0.05, 0) is 26.2 Å². The van der Waals surface area contributed by atoms with Crippen LogP contribution in [0.15, 0.2) is 0 Å². The summed E-state index contributed by atoms with van der Waals surface area (Å²) in [6.07, 6.45) is 3.37. The zero-order chi connectivity index (χ0) is 9.64. The van der Waals surface area contributed by atoms with E-state index in [1.165, 1.54) is 0 Å². The van der Waals surface area contributed by atoms with E-state index in [0.29, 0.717) is 6.10 Å². The molecule has 0 spiro atoms. The van der Waals surface area contributed by atoms with Crippen molar-refractivity contribution in [3.63, 3.8) is 0 Å². The minimum Gasteiger partial charge on any atom is -0.375 e. The number of primary sulfonamides is 1. The number of rotatable bonds is 2. The van der Waals surface area contributed by atoms with E-state index in [0.717, 1.165) is 19.3 Å². The van der Waals surface area contributed by atoms with Crippen molar-refractivity contribution in [3.8, 4) is 0 Å². The molecule has 0 aromatic carbocycles.